The Kier molecular flexibility index (Phi) is 6.46. The minimum Gasteiger partial charge on any atom is -0.355 e. The SMILES string of the molecule is O=C(NCc1cccc(Br)c1)C1CCN(c2ccc(=O)n(-c3cccc(F)c3)n2)CC1. The lowest BCUT2D eigenvalue weighted by Gasteiger charge is -2.32. The highest BCUT2D eigenvalue weighted by Gasteiger charge is 2.26. The summed E-state index contributed by atoms with van der Waals surface area (Å²) >= 11 is 3.44. The molecule has 160 valence electrons. The molecule has 4 rings (SSSR count). The minimum atomic E-state index is -0.425. The monoisotopic (exact) mass is 484 g/mol. The van der Waals surface area contributed by atoms with Crippen LogP contribution >= 0.6 is 15.9 Å². The van der Waals surface area contributed by atoms with Crippen LogP contribution in [0.2, 0.25) is 0 Å². The maximum absolute atomic E-state index is 13.6. The predicted molar refractivity (Wildman–Crippen MR) is 121 cm³/mol. The fourth-order valence-corrected chi connectivity index (χ4v) is 4.16. The van der Waals surface area contributed by atoms with Gasteiger partial charge < -0.3 is 10.2 Å². The number of nitrogens with one attached hydrogen (secondary N) is 1. The molecule has 1 saturated heterocycles. The Morgan fingerprint density at radius 2 is 1.87 bits per heavy atom. The fraction of sp³-hybridized carbons (Fsp3) is 0.261. The Morgan fingerprint density at radius 3 is 2.61 bits per heavy atom. The maximum atomic E-state index is 13.6. The van der Waals surface area contributed by atoms with Gasteiger partial charge >= 0.3 is 0 Å². The molecule has 8 heteroatoms. The molecule has 0 bridgehead atoms. The Hall–Kier alpha value is -3.00. The number of rotatable bonds is 5. The lowest BCUT2D eigenvalue weighted by molar-refractivity contribution is -0.125. The van der Waals surface area contributed by atoms with Crippen LogP contribution in [0.3, 0.4) is 0 Å². The zero-order valence-corrected chi connectivity index (χ0v) is 18.4. The quantitative estimate of drug-likeness (QED) is 0.599. The molecule has 1 N–H and O–H groups in total. The van der Waals surface area contributed by atoms with Crippen LogP contribution in [-0.2, 0) is 11.3 Å². The summed E-state index contributed by atoms with van der Waals surface area (Å²) in [6.07, 6.45) is 1.40. The number of aromatic nitrogens is 2. The van der Waals surface area contributed by atoms with Crippen molar-refractivity contribution in [2.45, 2.75) is 19.4 Å². The number of halogens is 2. The van der Waals surface area contributed by atoms with E-state index in [4.69, 9.17) is 0 Å². The van der Waals surface area contributed by atoms with Gasteiger partial charge in [-0.15, -0.1) is 5.10 Å². The second-order valence-electron chi connectivity index (χ2n) is 7.53. The normalized spacial score (nSPS) is 14.5. The van der Waals surface area contributed by atoms with Crippen molar-refractivity contribution >= 4 is 27.7 Å². The van der Waals surface area contributed by atoms with Gasteiger partial charge in [0.2, 0.25) is 5.91 Å². The average Bonchev–Trinajstić information content (AvgIpc) is 2.78. The first-order valence-corrected chi connectivity index (χ1v) is 10.9. The van der Waals surface area contributed by atoms with Crippen molar-refractivity contribution in [1.82, 2.24) is 15.1 Å². The van der Waals surface area contributed by atoms with Crippen molar-refractivity contribution in [2.75, 3.05) is 18.0 Å². The highest BCUT2D eigenvalue weighted by atomic mass is 79.9. The number of piperidine rings is 1. The van der Waals surface area contributed by atoms with Crippen LogP contribution in [0.15, 0.2) is 69.9 Å². The highest BCUT2D eigenvalue weighted by molar-refractivity contribution is 9.10. The van der Waals surface area contributed by atoms with Gasteiger partial charge in [0.15, 0.2) is 0 Å². The molecule has 0 unspecified atom stereocenters. The van der Waals surface area contributed by atoms with E-state index in [9.17, 15) is 14.0 Å². The van der Waals surface area contributed by atoms with E-state index in [0.29, 0.717) is 44.0 Å². The van der Waals surface area contributed by atoms with Crippen LogP contribution in [0.25, 0.3) is 5.69 Å². The van der Waals surface area contributed by atoms with Crippen molar-refractivity contribution in [3.63, 3.8) is 0 Å². The predicted octanol–water partition coefficient (Wildman–Crippen LogP) is 3.67. The molecule has 2 aromatic carbocycles. The molecule has 1 fully saturated rings. The number of benzene rings is 2. The van der Waals surface area contributed by atoms with Gasteiger partial charge in [-0.05, 0) is 54.8 Å². The van der Waals surface area contributed by atoms with E-state index in [1.807, 2.05) is 29.2 Å². The van der Waals surface area contributed by atoms with Crippen molar-refractivity contribution in [2.24, 2.45) is 5.92 Å². The summed E-state index contributed by atoms with van der Waals surface area (Å²) in [5, 5.41) is 7.44. The summed E-state index contributed by atoms with van der Waals surface area (Å²) < 4.78 is 15.7. The molecule has 0 spiro atoms. The van der Waals surface area contributed by atoms with E-state index in [-0.39, 0.29) is 17.4 Å². The second-order valence-corrected chi connectivity index (χ2v) is 8.45. The van der Waals surface area contributed by atoms with E-state index in [1.54, 1.807) is 18.2 Å². The molecular weight excluding hydrogens is 463 g/mol. The first-order valence-electron chi connectivity index (χ1n) is 10.1. The zero-order chi connectivity index (χ0) is 21.8. The maximum Gasteiger partial charge on any atom is 0.271 e. The molecule has 3 aromatic rings. The minimum absolute atomic E-state index is 0.0531. The Bertz CT molecular complexity index is 1140. The zero-order valence-electron chi connectivity index (χ0n) is 16.8. The van der Waals surface area contributed by atoms with E-state index >= 15 is 0 Å². The Balaban J connectivity index is 1.38. The summed E-state index contributed by atoms with van der Waals surface area (Å²) in [6.45, 7) is 1.81. The summed E-state index contributed by atoms with van der Waals surface area (Å²) in [4.78, 5) is 26.8. The van der Waals surface area contributed by atoms with Gasteiger partial charge in [0.25, 0.3) is 5.56 Å². The topological polar surface area (TPSA) is 67.2 Å². The number of hydrogen-bond donors (Lipinski definition) is 1. The Morgan fingerprint density at radius 1 is 1.10 bits per heavy atom. The van der Waals surface area contributed by atoms with Gasteiger partial charge in [-0.2, -0.15) is 4.68 Å². The number of hydrogen-bond acceptors (Lipinski definition) is 4. The molecule has 0 radical (unpaired) electrons. The third-order valence-electron chi connectivity index (χ3n) is 5.38. The van der Waals surface area contributed by atoms with Crippen molar-refractivity contribution < 1.29 is 9.18 Å². The lowest BCUT2D eigenvalue weighted by atomic mass is 9.96. The van der Waals surface area contributed by atoms with Crippen molar-refractivity contribution in [3.05, 3.63) is 86.9 Å². The van der Waals surface area contributed by atoms with Crippen LogP contribution in [-0.4, -0.2) is 28.8 Å². The number of amides is 1. The van der Waals surface area contributed by atoms with Crippen LogP contribution < -0.4 is 15.8 Å². The average molecular weight is 485 g/mol. The van der Waals surface area contributed by atoms with E-state index in [2.05, 4.69) is 26.3 Å². The molecule has 2 heterocycles. The second kappa shape index (κ2) is 9.43. The molecule has 6 nitrogen and oxygen atoms in total. The van der Waals surface area contributed by atoms with Gasteiger partial charge in [0.05, 0.1) is 5.69 Å². The van der Waals surface area contributed by atoms with Crippen molar-refractivity contribution in [3.8, 4) is 5.69 Å². The fourth-order valence-electron chi connectivity index (χ4n) is 3.71. The molecule has 0 saturated carbocycles. The standard InChI is InChI=1S/C23H22BrFN4O2/c24-18-4-1-3-16(13-18)15-26-23(31)17-9-11-28(12-10-17)21-7-8-22(30)29(27-21)20-6-2-5-19(25)14-20/h1-8,13-14,17H,9-12,15H2,(H,26,31). The molecule has 0 atom stereocenters. The third-order valence-corrected chi connectivity index (χ3v) is 5.88. The van der Waals surface area contributed by atoms with Crippen LogP contribution in [0.5, 0.6) is 0 Å². The van der Waals surface area contributed by atoms with Gasteiger partial charge in [-0.1, -0.05) is 34.1 Å². The molecule has 1 amide bonds. The summed E-state index contributed by atoms with van der Waals surface area (Å²) in [5.74, 6) is 0.206. The molecule has 1 aromatic heterocycles. The molecule has 0 aliphatic carbocycles. The van der Waals surface area contributed by atoms with E-state index < -0.39 is 5.82 Å². The van der Waals surface area contributed by atoms with Crippen molar-refractivity contribution in [1.29, 1.82) is 0 Å². The summed E-state index contributed by atoms with van der Waals surface area (Å²) in [5.41, 5.74) is 1.11. The van der Waals surface area contributed by atoms with Gasteiger partial charge in [-0.25, -0.2) is 4.39 Å². The third kappa shape index (κ3) is 5.19. The summed E-state index contributed by atoms with van der Waals surface area (Å²) in [6, 6.07) is 16.8. The number of carbonyl (C=O) groups is 1. The van der Waals surface area contributed by atoms with E-state index in [0.717, 1.165) is 10.0 Å². The van der Waals surface area contributed by atoms with Gasteiger partial charge in [0.1, 0.15) is 11.6 Å². The first kappa shape index (κ1) is 21.2. The van der Waals surface area contributed by atoms with Gasteiger partial charge in [-0.3, -0.25) is 9.59 Å². The Labute approximate surface area is 187 Å². The first-order chi connectivity index (χ1) is 15.0. The lowest BCUT2D eigenvalue weighted by Crippen LogP contribution is -2.41. The molecular formula is C23H22BrFN4O2. The number of anilines is 1. The summed E-state index contributed by atoms with van der Waals surface area (Å²) in [7, 11) is 0. The van der Waals surface area contributed by atoms with Crippen LogP contribution in [0.4, 0.5) is 10.2 Å². The van der Waals surface area contributed by atoms with Crippen LogP contribution in [0.1, 0.15) is 18.4 Å². The number of carbonyl (C=O) groups excluding carboxylic acids is 1. The highest BCUT2D eigenvalue weighted by Crippen LogP contribution is 2.22. The van der Waals surface area contributed by atoms with Gasteiger partial charge in [0, 0.05) is 36.1 Å². The molecule has 31 heavy (non-hydrogen) atoms. The van der Waals surface area contributed by atoms with Crippen LogP contribution in [0, 0.1) is 11.7 Å². The largest absolute Gasteiger partial charge is 0.355 e. The number of nitrogens with zero attached hydrogens (tertiary/aromatic N) is 3. The smallest absolute Gasteiger partial charge is 0.271 e. The molecule has 1 aliphatic heterocycles. The van der Waals surface area contributed by atoms with E-state index in [1.165, 1.54) is 22.9 Å². The molecule has 1 aliphatic rings.